The van der Waals surface area contributed by atoms with E-state index in [-0.39, 0.29) is 0 Å². The lowest BCUT2D eigenvalue weighted by Gasteiger charge is -2.16. The van der Waals surface area contributed by atoms with Crippen LogP contribution >= 0.6 is 11.3 Å². The van der Waals surface area contributed by atoms with E-state index in [0.717, 1.165) is 28.8 Å². The number of carboxylic acid groups (broad SMARTS) is 1. The summed E-state index contributed by atoms with van der Waals surface area (Å²) in [6, 6.07) is 9.42. The molecule has 6 heteroatoms. The molecular weight excluding hydrogens is 312 g/mol. The molecule has 0 saturated carbocycles. The van der Waals surface area contributed by atoms with E-state index < -0.39 is 5.97 Å². The van der Waals surface area contributed by atoms with Crippen molar-refractivity contribution in [3.05, 3.63) is 52.5 Å². The van der Waals surface area contributed by atoms with Gasteiger partial charge in [0.1, 0.15) is 10.6 Å². The van der Waals surface area contributed by atoms with Crippen molar-refractivity contribution in [1.82, 2.24) is 9.78 Å². The van der Waals surface area contributed by atoms with E-state index in [9.17, 15) is 9.90 Å². The third-order valence-electron chi connectivity index (χ3n) is 4.02. The van der Waals surface area contributed by atoms with Crippen LogP contribution in [0.15, 0.2) is 36.5 Å². The third kappa shape index (κ3) is 2.22. The third-order valence-corrected chi connectivity index (χ3v) is 5.12. The fourth-order valence-electron chi connectivity index (χ4n) is 3.01. The van der Waals surface area contributed by atoms with Crippen molar-refractivity contribution in [2.24, 2.45) is 7.05 Å². The summed E-state index contributed by atoms with van der Waals surface area (Å²) in [6.07, 6.45) is 3.35. The molecule has 1 aliphatic carbocycles. The van der Waals surface area contributed by atoms with Crippen LogP contribution < -0.4 is 4.74 Å². The standard InChI is InChI=1S/C17H14N2O3S/c1-19-14-10(9-18-19)7-8-12-13(14)17(23-15(12)16(20)21)22-11-5-3-2-4-6-11/h2-6,9H,7-8H2,1H3,(H,20,21). The van der Waals surface area contributed by atoms with Crippen LogP contribution in [0.3, 0.4) is 0 Å². The zero-order valence-corrected chi connectivity index (χ0v) is 13.3. The first kappa shape index (κ1) is 14.0. The Morgan fingerprint density at radius 3 is 2.83 bits per heavy atom. The molecular formula is C17H14N2O3S. The average Bonchev–Trinajstić information content (AvgIpc) is 3.10. The lowest BCUT2D eigenvalue weighted by atomic mass is 9.92. The number of carboxylic acids is 1. The fraction of sp³-hybridized carbons (Fsp3) is 0.176. The number of benzene rings is 1. The van der Waals surface area contributed by atoms with Crippen molar-refractivity contribution < 1.29 is 14.6 Å². The van der Waals surface area contributed by atoms with Crippen LogP contribution in [0.25, 0.3) is 11.3 Å². The minimum absolute atomic E-state index is 0.359. The van der Waals surface area contributed by atoms with Crippen molar-refractivity contribution in [3.63, 3.8) is 0 Å². The number of nitrogens with zero attached hydrogens (tertiary/aromatic N) is 2. The SMILES string of the molecule is Cn1ncc2c1-c1c(Oc3ccccc3)sc(C(=O)O)c1CC2. The van der Waals surface area contributed by atoms with Gasteiger partial charge < -0.3 is 9.84 Å². The number of rotatable bonds is 3. The lowest BCUT2D eigenvalue weighted by molar-refractivity contribution is 0.0701. The molecule has 0 atom stereocenters. The second-order valence-corrected chi connectivity index (χ2v) is 6.42. The minimum atomic E-state index is -0.903. The summed E-state index contributed by atoms with van der Waals surface area (Å²) in [5.41, 5.74) is 3.82. The van der Waals surface area contributed by atoms with Crippen LogP contribution in [0.5, 0.6) is 10.8 Å². The van der Waals surface area contributed by atoms with E-state index in [1.54, 1.807) is 4.68 Å². The highest BCUT2D eigenvalue weighted by molar-refractivity contribution is 7.16. The Morgan fingerprint density at radius 2 is 2.09 bits per heavy atom. The van der Waals surface area contributed by atoms with E-state index >= 15 is 0 Å². The molecule has 0 fully saturated rings. The Labute approximate surface area is 136 Å². The van der Waals surface area contributed by atoms with Crippen molar-refractivity contribution in [3.8, 4) is 22.1 Å². The summed E-state index contributed by atoms with van der Waals surface area (Å²) in [5.74, 6) is -0.206. The number of hydrogen-bond acceptors (Lipinski definition) is 4. The van der Waals surface area contributed by atoms with Gasteiger partial charge in [0, 0.05) is 7.05 Å². The van der Waals surface area contributed by atoms with Gasteiger partial charge in [0.25, 0.3) is 0 Å². The van der Waals surface area contributed by atoms with Gasteiger partial charge >= 0.3 is 5.97 Å². The molecule has 0 aliphatic heterocycles. The Hall–Kier alpha value is -2.60. The number of fused-ring (bicyclic) bond motifs is 3. The maximum atomic E-state index is 11.6. The highest BCUT2D eigenvalue weighted by Crippen LogP contribution is 2.48. The fourth-order valence-corrected chi connectivity index (χ4v) is 4.07. The number of aromatic nitrogens is 2. The first-order chi connectivity index (χ1) is 11.1. The normalized spacial score (nSPS) is 12.6. The van der Waals surface area contributed by atoms with Gasteiger partial charge in [-0.25, -0.2) is 4.79 Å². The number of carbonyl (C=O) groups is 1. The van der Waals surface area contributed by atoms with Crippen LogP contribution in [0.4, 0.5) is 0 Å². The van der Waals surface area contributed by atoms with Gasteiger partial charge in [-0.15, -0.1) is 0 Å². The number of hydrogen-bond donors (Lipinski definition) is 1. The number of thiophene rings is 1. The molecule has 1 N–H and O–H groups in total. The van der Waals surface area contributed by atoms with Gasteiger partial charge in [-0.3, -0.25) is 4.68 Å². The van der Waals surface area contributed by atoms with Crippen molar-refractivity contribution >= 4 is 17.3 Å². The summed E-state index contributed by atoms with van der Waals surface area (Å²) >= 11 is 1.19. The number of para-hydroxylation sites is 1. The van der Waals surface area contributed by atoms with E-state index in [4.69, 9.17) is 4.74 Å². The molecule has 0 spiro atoms. The largest absolute Gasteiger partial charge is 0.477 e. The Morgan fingerprint density at radius 1 is 1.30 bits per heavy atom. The predicted octanol–water partition coefficient (Wildman–Crippen LogP) is 3.74. The van der Waals surface area contributed by atoms with Crippen LogP contribution in [-0.4, -0.2) is 20.9 Å². The molecule has 1 aromatic carbocycles. The van der Waals surface area contributed by atoms with Crippen molar-refractivity contribution in [2.45, 2.75) is 12.8 Å². The molecule has 0 amide bonds. The topological polar surface area (TPSA) is 64.4 Å². The van der Waals surface area contributed by atoms with Gasteiger partial charge in [-0.1, -0.05) is 29.5 Å². The van der Waals surface area contributed by atoms with Gasteiger partial charge in [0.05, 0.1) is 17.5 Å². The summed E-state index contributed by atoms with van der Waals surface area (Å²) in [4.78, 5) is 12.0. The van der Waals surface area contributed by atoms with E-state index in [0.29, 0.717) is 22.1 Å². The van der Waals surface area contributed by atoms with E-state index in [2.05, 4.69) is 5.10 Å². The molecule has 0 radical (unpaired) electrons. The minimum Gasteiger partial charge on any atom is -0.477 e. The highest BCUT2D eigenvalue weighted by atomic mass is 32.1. The zero-order valence-electron chi connectivity index (χ0n) is 12.4. The smallest absolute Gasteiger partial charge is 0.346 e. The molecule has 23 heavy (non-hydrogen) atoms. The molecule has 4 rings (SSSR count). The number of aryl methyl sites for hydroxylation is 2. The van der Waals surface area contributed by atoms with Gasteiger partial charge in [-0.05, 0) is 36.1 Å². The summed E-state index contributed by atoms with van der Waals surface area (Å²) in [7, 11) is 1.87. The summed E-state index contributed by atoms with van der Waals surface area (Å²) in [6.45, 7) is 0. The van der Waals surface area contributed by atoms with Crippen molar-refractivity contribution in [1.29, 1.82) is 0 Å². The van der Waals surface area contributed by atoms with E-state index in [1.807, 2.05) is 43.6 Å². The maximum Gasteiger partial charge on any atom is 0.346 e. The zero-order chi connectivity index (χ0) is 16.0. The van der Waals surface area contributed by atoms with Crippen LogP contribution in [0, 0.1) is 0 Å². The Balaban J connectivity index is 1.91. The number of ether oxygens (including phenoxy) is 1. The molecule has 0 bridgehead atoms. The van der Waals surface area contributed by atoms with E-state index in [1.165, 1.54) is 11.3 Å². The Bertz CT molecular complexity index is 896. The van der Waals surface area contributed by atoms with Gasteiger partial charge in [0.2, 0.25) is 0 Å². The molecule has 0 saturated heterocycles. The summed E-state index contributed by atoms with van der Waals surface area (Å²) in [5, 5.41) is 14.5. The first-order valence-electron chi connectivity index (χ1n) is 7.28. The second kappa shape index (κ2) is 5.24. The molecule has 3 aromatic rings. The van der Waals surface area contributed by atoms with Crippen LogP contribution in [-0.2, 0) is 19.9 Å². The lowest BCUT2D eigenvalue weighted by Crippen LogP contribution is -2.08. The first-order valence-corrected chi connectivity index (χ1v) is 8.10. The maximum absolute atomic E-state index is 11.6. The Kier molecular flexibility index (Phi) is 3.20. The van der Waals surface area contributed by atoms with Crippen LogP contribution in [0.2, 0.25) is 0 Å². The molecule has 1 aliphatic rings. The van der Waals surface area contributed by atoms with Gasteiger partial charge in [0.15, 0.2) is 5.06 Å². The van der Waals surface area contributed by atoms with Gasteiger partial charge in [-0.2, -0.15) is 5.10 Å². The molecule has 5 nitrogen and oxygen atoms in total. The van der Waals surface area contributed by atoms with Crippen LogP contribution in [0.1, 0.15) is 20.8 Å². The quantitative estimate of drug-likeness (QED) is 0.796. The molecule has 2 heterocycles. The molecule has 0 unspecified atom stereocenters. The highest BCUT2D eigenvalue weighted by Gasteiger charge is 2.31. The predicted molar refractivity (Wildman–Crippen MR) is 87.4 cm³/mol. The molecule has 2 aromatic heterocycles. The second-order valence-electron chi connectivity index (χ2n) is 5.43. The monoisotopic (exact) mass is 326 g/mol. The number of aromatic carboxylic acids is 1. The summed E-state index contributed by atoms with van der Waals surface area (Å²) < 4.78 is 7.80. The molecule has 116 valence electrons. The average molecular weight is 326 g/mol. The van der Waals surface area contributed by atoms with Crippen molar-refractivity contribution in [2.75, 3.05) is 0 Å².